The first kappa shape index (κ1) is 11.9. The van der Waals surface area contributed by atoms with Gasteiger partial charge in [-0.1, -0.05) is 19.8 Å². The molecule has 2 rings (SSSR count). The normalized spacial score (nSPS) is 30.1. The Bertz CT molecular complexity index is 250. The van der Waals surface area contributed by atoms with Crippen LogP contribution in [0.4, 0.5) is 0 Å². The Labute approximate surface area is 98.6 Å². The number of carbonyl (C=O) groups is 1. The summed E-state index contributed by atoms with van der Waals surface area (Å²) in [6.45, 7) is 2.83. The molecule has 2 unspecified atom stereocenters. The Morgan fingerprint density at radius 2 is 1.94 bits per heavy atom. The number of carbonyl (C=O) groups excluding carboxylic acids is 1. The molecule has 0 saturated heterocycles. The number of nitrogens with one attached hydrogen (secondary N) is 1. The molecule has 2 aliphatic rings. The lowest BCUT2D eigenvalue weighted by molar-refractivity contribution is -0.129. The lowest BCUT2D eigenvalue weighted by atomic mass is 9.86. The van der Waals surface area contributed by atoms with Crippen LogP contribution < -0.4 is 5.32 Å². The third-order valence-corrected chi connectivity index (χ3v) is 4.11. The van der Waals surface area contributed by atoms with E-state index in [9.17, 15) is 4.79 Å². The van der Waals surface area contributed by atoms with Gasteiger partial charge in [0.1, 0.15) is 0 Å². The van der Waals surface area contributed by atoms with E-state index in [0.29, 0.717) is 18.6 Å². The van der Waals surface area contributed by atoms with Gasteiger partial charge >= 0.3 is 0 Å². The summed E-state index contributed by atoms with van der Waals surface area (Å²) < 4.78 is 0. The van der Waals surface area contributed by atoms with Crippen LogP contribution in [0.3, 0.4) is 0 Å². The molecule has 0 bridgehead atoms. The quantitative estimate of drug-likeness (QED) is 0.789. The van der Waals surface area contributed by atoms with Gasteiger partial charge in [0.2, 0.25) is 5.91 Å². The predicted molar refractivity (Wildman–Crippen MR) is 65.2 cm³/mol. The third-order valence-electron chi connectivity index (χ3n) is 4.11. The SMILES string of the molecule is CC1CCCCC1NCC(=O)N(C)C1CC1. The van der Waals surface area contributed by atoms with E-state index in [4.69, 9.17) is 0 Å². The van der Waals surface area contributed by atoms with Gasteiger partial charge in [0.05, 0.1) is 6.54 Å². The summed E-state index contributed by atoms with van der Waals surface area (Å²) in [5, 5.41) is 3.44. The van der Waals surface area contributed by atoms with Crippen LogP contribution in [0.15, 0.2) is 0 Å². The molecule has 2 atom stereocenters. The van der Waals surface area contributed by atoms with Crippen molar-refractivity contribution in [3.63, 3.8) is 0 Å². The lowest BCUT2D eigenvalue weighted by Gasteiger charge is -2.30. The van der Waals surface area contributed by atoms with Crippen molar-refractivity contribution in [1.29, 1.82) is 0 Å². The van der Waals surface area contributed by atoms with E-state index in [1.807, 2.05) is 11.9 Å². The zero-order valence-corrected chi connectivity index (χ0v) is 10.5. The molecule has 0 aliphatic heterocycles. The van der Waals surface area contributed by atoms with E-state index in [0.717, 1.165) is 5.92 Å². The molecule has 1 N–H and O–H groups in total. The van der Waals surface area contributed by atoms with Gasteiger partial charge in [-0.2, -0.15) is 0 Å². The number of amides is 1. The van der Waals surface area contributed by atoms with E-state index < -0.39 is 0 Å². The van der Waals surface area contributed by atoms with Crippen LogP contribution in [-0.2, 0) is 4.79 Å². The van der Waals surface area contributed by atoms with Crippen LogP contribution in [0.5, 0.6) is 0 Å². The van der Waals surface area contributed by atoms with Gasteiger partial charge in [0.15, 0.2) is 0 Å². The maximum Gasteiger partial charge on any atom is 0.236 e. The van der Waals surface area contributed by atoms with Gasteiger partial charge < -0.3 is 10.2 Å². The first-order valence-corrected chi connectivity index (χ1v) is 6.67. The maximum atomic E-state index is 11.8. The van der Waals surface area contributed by atoms with Gasteiger partial charge in [0.25, 0.3) is 0 Å². The molecular weight excluding hydrogens is 200 g/mol. The molecule has 3 nitrogen and oxygen atoms in total. The fourth-order valence-corrected chi connectivity index (χ4v) is 2.63. The van der Waals surface area contributed by atoms with Crippen molar-refractivity contribution in [1.82, 2.24) is 10.2 Å². The fourth-order valence-electron chi connectivity index (χ4n) is 2.63. The molecule has 1 amide bonds. The Hall–Kier alpha value is -0.570. The van der Waals surface area contributed by atoms with Crippen molar-refractivity contribution in [3.8, 4) is 0 Å². The van der Waals surface area contributed by atoms with E-state index in [2.05, 4.69) is 12.2 Å². The summed E-state index contributed by atoms with van der Waals surface area (Å²) in [6.07, 6.45) is 7.61. The largest absolute Gasteiger partial charge is 0.342 e. The summed E-state index contributed by atoms with van der Waals surface area (Å²) in [5.41, 5.74) is 0. The first-order chi connectivity index (χ1) is 7.68. The van der Waals surface area contributed by atoms with E-state index >= 15 is 0 Å². The fraction of sp³-hybridized carbons (Fsp3) is 0.923. The van der Waals surface area contributed by atoms with Gasteiger partial charge in [0, 0.05) is 19.1 Å². The minimum atomic E-state index is 0.264. The topological polar surface area (TPSA) is 32.3 Å². The minimum Gasteiger partial charge on any atom is -0.342 e. The first-order valence-electron chi connectivity index (χ1n) is 6.67. The Balaban J connectivity index is 1.71. The Kier molecular flexibility index (Phi) is 3.85. The summed E-state index contributed by atoms with van der Waals surface area (Å²) in [4.78, 5) is 13.8. The molecule has 3 heteroatoms. The van der Waals surface area contributed by atoms with E-state index in [-0.39, 0.29) is 5.91 Å². The molecule has 2 aliphatic carbocycles. The van der Waals surface area contributed by atoms with Crippen LogP contribution >= 0.6 is 0 Å². The van der Waals surface area contributed by atoms with Crippen LogP contribution in [0, 0.1) is 5.92 Å². The van der Waals surface area contributed by atoms with Crippen LogP contribution in [-0.4, -0.2) is 36.5 Å². The number of hydrogen-bond donors (Lipinski definition) is 1. The maximum absolute atomic E-state index is 11.8. The average Bonchev–Trinajstić information content (AvgIpc) is 3.10. The third kappa shape index (κ3) is 2.97. The molecule has 0 aromatic carbocycles. The highest BCUT2D eigenvalue weighted by atomic mass is 16.2. The van der Waals surface area contributed by atoms with Crippen molar-refractivity contribution >= 4 is 5.91 Å². The molecule has 0 radical (unpaired) electrons. The van der Waals surface area contributed by atoms with Crippen LogP contribution in [0.1, 0.15) is 45.4 Å². The average molecular weight is 224 g/mol. The highest BCUT2D eigenvalue weighted by molar-refractivity contribution is 5.78. The zero-order valence-electron chi connectivity index (χ0n) is 10.5. The van der Waals surface area contributed by atoms with Gasteiger partial charge in [-0.25, -0.2) is 0 Å². The highest BCUT2D eigenvalue weighted by Crippen LogP contribution is 2.26. The monoisotopic (exact) mass is 224 g/mol. The van der Waals surface area contributed by atoms with Crippen molar-refractivity contribution in [2.45, 2.75) is 57.5 Å². The molecule has 2 fully saturated rings. The highest BCUT2D eigenvalue weighted by Gasteiger charge is 2.30. The van der Waals surface area contributed by atoms with Gasteiger partial charge in [-0.05, 0) is 31.6 Å². The van der Waals surface area contributed by atoms with Crippen molar-refractivity contribution < 1.29 is 4.79 Å². The van der Waals surface area contributed by atoms with E-state index in [1.54, 1.807) is 0 Å². The lowest BCUT2D eigenvalue weighted by Crippen LogP contribution is -2.44. The molecule has 0 heterocycles. The molecule has 92 valence electrons. The Morgan fingerprint density at radius 3 is 2.56 bits per heavy atom. The van der Waals surface area contributed by atoms with Crippen molar-refractivity contribution in [2.24, 2.45) is 5.92 Å². The van der Waals surface area contributed by atoms with Crippen molar-refractivity contribution in [2.75, 3.05) is 13.6 Å². The summed E-state index contributed by atoms with van der Waals surface area (Å²) >= 11 is 0. The van der Waals surface area contributed by atoms with E-state index in [1.165, 1.54) is 38.5 Å². The van der Waals surface area contributed by atoms with Crippen LogP contribution in [0.2, 0.25) is 0 Å². The predicted octanol–water partition coefficient (Wildman–Crippen LogP) is 1.78. The minimum absolute atomic E-state index is 0.264. The number of nitrogens with zero attached hydrogens (tertiary/aromatic N) is 1. The number of hydrogen-bond acceptors (Lipinski definition) is 2. The van der Waals surface area contributed by atoms with Gasteiger partial charge in [-0.15, -0.1) is 0 Å². The second kappa shape index (κ2) is 5.17. The summed E-state index contributed by atoms with van der Waals surface area (Å²) in [7, 11) is 1.94. The molecular formula is C13H24N2O. The van der Waals surface area contributed by atoms with Crippen molar-refractivity contribution in [3.05, 3.63) is 0 Å². The number of likely N-dealkylation sites (N-methyl/N-ethyl adjacent to an activating group) is 1. The second-order valence-corrected chi connectivity index (χ2v) is 5.48. The molecule has 2 saturated carbocycles. The Morgan fingerprint density at radius 1 is 1.25 bits per heavy atom. The second-order valence-electron chi connectivity index (χ2n) is 5.48. The standard InChI is InChI=1S/C13H24N2O/c1-10-5-3-4-6-12(10)14-9-13(16)15(2)11-7-8-11/h10-12,14H,3-9H2,1-2H3. The number of rotatable bonds is 4. The summed E-state index contributed by atoms with van der Waals surface area (Å²) in [6, 6.07) is 1.10. The zero-order chi connectivity index (χ0) is 11.5. The molecule has 0 spiro atoms. The van der Waals surface area contributed by atoms with Crippen LogP contribution in [0.25, 0.3) is 0 Å². The molecule has 0 aromatic rings. The molecule has 16 heavy (non-hydrogen) atoms. The summed E-state index contributed by atoms with van der Waals surface area (Å²) in [5.74, 6) is 0.994. The van der Waals surface area contributed by atoms with Gasteiger partial charge in [-0.3, -0.25) is 4.79 Å². The smallest absolute Gasteiger partial charge is 0.236 e. The molecule has 0 aromatic heterocycles.